The number of carboxylic acid groups (broad SMARTS) is 1. The highest BCUT2D eigenvalue weighted by Gasteiger charge is 2.25. The van der Waals surface area contributed by atoms with Crippen LogP contribution >= 0.6 is 0 Å². The van der Waals surface area contributed by atoms with E-state index >= 15 is 0 Å². The Morgan fingerprint density at radius 1 is 1.32 bits per heavy atom. The topological polar surface area (TPSA) is 81.2 Å². The third-order valence-electron chi connectivity index (χ3n) is 4.30. The van der Waals surface area contributed by atoms with Crippen molar-refractivity contribution in [2.75, 3.05) is 46.8 Å². The van der Waals surface area contributed by atoms with Crippen molar-refractivity contribution < 1.29 is 19.5 Å². The van der Waals surface area contributed by atoms with Crippen molar-refractivity contribution in [1.29, 1.82) is 0 Å². The first-order chi connectivity index (χ1) is 10.5. The Bertz CT molecular complexity index is 389. The summed E-state index contributed by atoms with van der Waals surface area (Å²) in [7, 11) is 3.94. The summed E-state index contributed by atoms with van der Waals surface area (Å²) in [6.45, 7) is 3.65. The van der Waals surface area contributed by atoms with E-state index in [1.54, 1.807) is 16.8 Å². The van der Waals surface area contributed by atoms with E-state index in [0.717, 1.165) is 13.0 Å². The minimum atomic E-state index is -0.250. The second-order valence-corrected chi connectivity index (χ2v) is 6.05. The molecule has 7 nitrogen and oxygen atoms in total. The van der Waals surface area contributed by atoms with E-state index < -0.39 is 0 Å². The number of carbonyl (C=O) groups is 3. The average Bonchev–Trinajstić information content (AvgIpc) is 2.48. The van der Waals surface area contributed by atoms with Gasteiger partial charge in [-0.25, -0.2) is 0 Å². The number of nitrogens with zero attached hydrogens (tertiary/aromatic N) is 3. The summed E-state index contributed by atoms with van der Waals surface area (Å²) in [5, 5.41) is 6.89. The van der Waals surface area contributed by atoms with Gasteiger partial charge < -0.3 is 19.8 Å². The molecule has 0 radical (unpaired) electrons. The second kappa shape index (κ2) is 9.40. The molecule has 2 aliphatic heterocycles. The lowest BCUT2D eigenvalue weighted by Crippen LogP contribution is -2.50. The minimum Gasteiger partial charge on any atom is -0.483 e. The van der Waals surface area contributed by atoms with Gasteiger partial charge in [0, 0.05) is 33.1 Å². The lowest BCUT2D eigenvalue weighted by molar-refractivity contribution is -0.144. The lowest BCUT2D eigenvalue weighted by atomic mass is 9.93. The van der Waals surface area contributed by atoms with Gasteiger partial charge in [0.05, 0.1) is 6.54 Å². The Hall–Kier alpha value is -1.63. The van der Waals surface area contributed by atoms with E-state index in [4.69, 9.17) is 9.90 Å². The van der Waals surface area contributed by atoms with Crippen LogP contribution in [0.5, 0.6) is 0 Å². The van der Waals surface area contributed by atoms with E-state index in [1.165, 1.54) is 19.4 Å². The molecule has 0 spiro atoms. The number of piperidine rings is 1. The molecule has 7 heteroatoms. The normalized spacial score (nSPS) is 22.8. The van der Waals surface area contributed by atoms with Gasteiger partial charge in [-0.1, -0.05) is 0 Å². The number of hydrogen-bond acceptors (Lipinski definition) is 4. The Labute approximate surface area is 131 Å². The highest BCUT2D eigenvalue weighted by Crippen LogP contribution is 2.20. The van der Waals surface area contributed by atoms with Crippen LogP contribution in [0.4, 0.5) is 0 Å². The molecule has 1 unspecified atom stereocenters. The van der Waals surface area contributed by atoms with Crippen molar-refractivity contribution in [2.45, 2.75) is 25.7 Å². The molecule has 2 saturated heterocycles. The maximum atomic E-state index is 12.1. The summed E-state index contributed by atoms with van der Waals surface area (Å²) >= 11 is 0. The number of hydrogen-bond donors (Lipinski definition) is 1. The van der Waals surface area contributed by atoms with Gasteiger partial charge in [0.1, 0.15) is 0 Å². The van der Waals surface area contributed by atoms with Crippen LogP contribution in [0.1, 0.15) is 25.7 Å². The zero-order chi connectivity index (χ0) is 16.5. The monoisotopic (exact) mass is 313 g/mol. The van der Waals surface area contributed by atoms with E-state index in [1.807, 2.05) is 0 Å². The molecule has 22 heavy (non-hydrogen) atoms. The Kier molecular flexibility index (Phi) is 7.87. The summed E-state index contributed by atoms with van der Waals surface area (Å²) in [6.07, 6.45) is 4.03. The third kappa shape index (κ3) is 6.01. The lowest BCUT2D eigenvalue weighted by Gasteiger charge is -2.33. The van der Waals surface area contributed by atoms with Crippen LogP contribution in [0.15, 0.2) is 0 Å². The van der Waals surface area contributed by atoms with E-state index in [0.29, 0.717) is 25.4 Å². The third-order valence-corrected chi connectivity index (χ3v) is 4.30. The van der Waals surface area contributed by atoms with Crippen LogP contribution in [-0.4, -0.2) is 84.9 Å². The largest absolute Gasteiger partial charge is 0.483 e. The van der Waals surface area contributed by atoms with Crippen molar-refractivity contribution in [3.8, 4) is 0 Å². The number of likely N-dealkylation sites (N-methyl/N-ethyl adjacent to an activating group) is 1. The average molecular weight is 313 g/mol. The minimum absolute atomic E-state index is 0.0528. The van der Waals surface area contributed by atoms with Crippen molar-refractivity contribution in [3.63, 3.8) is 0 Å². The van der Waals surface area contributed by atoms with Crippen LogP contribution in [0.2, 0.25) is 0 Å². The van der Waals surface area contributed by atoms with Gasteiger partial charge in [-0.05, 0) is 38.8 Å². The summed E-state index contributed by atoms with van der Waals surface area (Å²) in [4.78, 5) is 37.8. The van der Waals surface area contributed by atoms with Gasteiger partial charge in [-0.3, -0.25) is 14.4 Å². The fraction of sp³-hybridized carbons (Fsp3) is 0.800. The summed E-state index contributed by atoms with van der Waals surface area (Å²) in [5.74, 6) is 0.845. The molecule has 1 N–H and O–H groups in total. The number of amides is 2. The molecule has 0 aromatic heterocycles. The van der Waals surface area contributed by atoms with Gasteiger partial charge in [-0.2, -0.15) is 0 Å². The molecule has 2 aliphatic rings. The Morgan fingerprint density at radius 2 is 2.00 bits per heavy atom. The first-order valence-corrected chi connectivity index (χ1v) is 7.76. The van der Waals surface area contributed by atoms with E-state index in [9.17, 15) is 9.59 Å². The SMILES string of the molecule is CN1CCCC(CCC(=O)N2CCN(C)C(=O)C2)C1.O=CO. The van der Waals surface area contributed by atoms with Crippen LogP contribution in [-0.2, 0) is 14.4 Å². The van der Waals surface area contributed by atoms with Crippen LogP contribution < -0.4 is 0 Å². The quantitative estimate of drug-likeness (QED) is 0.748. The fourth-order valence-electron chi connectivity index (χ4n) is 2.97. The maximum Gasteiger partial charge on any atom is 0.290 e. The first kappa shape index (κ1) is 18.4. The van der Waals surface area contributed by atoms with Gasteiger partial charge >= 0.3 is 0 Å². The summed E-state index contributed by atoms with van der Waals surface area (Å²) < 4.78 is 0. The highest BCUT2D eigenvalue weighted by molar-refractivity contribution is 5.85. The van der Waals surface area contributed by atoms with Crippen LogP contribution in [0.25, 0.3) is 0 Å². The number of carbonyl (C=O) groups excluding carboxylic acids is 2. The summed E-state index contributed by atoms with van der Waals surface area (Å²) in [6, 6.07) is 0. The number of rotatable bonds is 3. The maximum absolute atomic E-state index is 12.1. The van der Waals surface area contributed by atoms with Crippen LogP contribution in [0, 0.1) is 5.92 Å². The van der Waals surface area contributed by atoms with Gasteiger partial charge in [0.25, 0.3) is 6.47 Å². The number of piperazine rings is 1. The van der Waals surface area contributed by atoms with Crippen LogP contribution in [0.3, 0.4) is 0 Å². The molecular formula is C15H27N3O4. The molecule has 2 amide bonds. The van der Waals surface area contributed by atoms with Crippen molar-refractivity contribution in [3.05, 3.63) is 0 Å². The Balaban J connectivity index is 0.000000745. The molecule has 2 rings (SSSR count). The molecule has 0 aliphatic carbocycles. The van der Waals surface area contributed by atoms with Crippen molar-refractivity contribution in [2.24, 2.45) is 5.92 Å². The fourth-order valence-corrected chi connectivity index (χ4v) is 2.97. The highest BCUT2D eigenvalue weighted by atomic mass is 16.3. The predicted molar refractivity (Wildman–Crippen MR) is 82.4 cm³/mol. The van der Waals surface area contributed by atoms with Crippen molar-refractivity contribution in [1.82, 2.24) is 14.7 Å². The van der Waals surface area contributed by atoms with E-state index in [2.05, 4.69) is 11.9 Å². The molecule has 0 saturated carbocycles. The molecule has 1 atom stereocenters. The molecule has 0 aromatic rings. The van der Waals surface area contributed by atoms with Crippen molar-refractivity contribution >= 4 is 18.3 Å². The second-order valence-electron chi connectivity index (χ2n) is 6.05. The zero-order valence-corrected chi connectivity index (χ0v) is 13.5. The summed E-state index contributed by atoms with van der Waals surface area (Å²) in [5.41, 5.74) is 0. The molecule has 2 fully saturated rings. The smallest absolute Gasteiger partial charge is 0.290 e. The number of likely N-dealkylation sites (tertiary alicyclic amines) is 1. The molecule has 126 valence electrons. The Morgan fingerprint density at radius 3 is 2.59 bits per heavy atom. The zero-order valence-electron chi connectivity index (χ0n) is 13.5. The van der Waals surface area contributed by atoms with E-state index in [-0.39, 0.29) is 24.8 Å². The van der Waals surface area contributed by atoms with Gasteiger partial charge in [0.15, 0.2) is 0 Å². The molecular weight excluding hydrogens is 286 g/mol. The molecule has 2 heterocycles. The predicted octanol–water partition coefficient (Wildman–Crippen LogP) is 0.110. The first-order valence-electron chi connectivity index (χ1n) is 7.76. The standard InChI is InChI=1S/C14H25N3O2.CH2O2/c1-15-7-3-4-12(10-15)5-6-13(18)17-9-8-16(2)14(19)11-17;2-1-3/h12H,3-11H2,1-2H3;1H,(H,2,3). The molecule has 0 bridgehead atoms. The molecule has 0 aromatic carbocycles. The van der Waals surface area contributed by atoms with Gasteiger partial charge in [-0.15, -0.1) is 0 Å². The van der Waals surface area contributed by atoms with Gasteiger partial charge in [0.2, 0.25) is 11.8 Å².